The van der Waals surface area contributed by atoms with Crippen LogP contribution in [0.5, 0.6) is 5.75 Å². The smallest absolute Gasteiger partial charge is 0.224 e. The van der Waals surface area contributed by atoms with E-state index in [1.165, 1.54) is 6.20 Å². The number of halogens is 1. The summed E-state index contributed by atoms with van der Waals surface area (Å²) in [5, 5.41) is 0.187. The van der Waals surface area contributed by atoms with E-state index in [1.807, 2.05) is 29.2 Å². The van der Waals surface area contributed by atoms with Gasteiger partial charge < -0.3 is 15.4 Å². The Morgan fingerprint density at radius 3 is 3.05 bits per heavy atom. The molecule has 2 heterocycles. The van der Waals surface area contributed by atoms with Gasteiger partial charge >= 0.3 is 0 Å². The molecule has 2 aromatic rings. The first-order chi connectivity index (χ1) is 9.25. The number of aromatic nitrogens is 2. The first-order valence-electron chi connectivity index (χ1n) is 6.03. The molecule has 5 nitrogen and oxygen atoms in total. The number of nitrogens with two attached hydrogens (primary N) is 1. The molecule has 0 saturated heterocycles. The Morgan fingerprint density at radius 1 is 1.32 bits per heavy atom. The van der Waals surface area contributed by atoms with Crippen molar-refractivity contribution in [2.75, 3.05) is 23.8 Å². The van der Waals surface area contributed by atoms with Gasteiger partial charge in [0.2, 0.25) is 5.28 Å². The molecule has 1 aliphatic heterocycles. The third-order valence-electron chi connectivity index (χ3n) is 2.96. The second-order valence-corrected chi connectivity index (χ2v) is 4.58. The van der Waals surface area contributed by atoms with Gasteiger partial charge in [-0.05, 0) is 30.2 Å². The average molecular weight is 277 g/mol. The average Bonchev–Trinajstić information content (AvgIpc) is 2.64. The van der Waals surface area contributed by atoms with Crippen LogP contribution in [0.4, 0.5) is 17.2 Å². The minimum absolute atomic E-state index is 0.187. The van der Waals surface area contributed by atoms with Crippen molar-refractivity contribution in [1.29, 1.82) is 0 Å². The summed E-state index contributed by atoms with van der Waals surface area (Å²) in [4.78, 5) is 10.1. The Balaban J connectivity index is 2.11. The summed E-state index contributed by atoms with van der Waals surface area (Å²) in [6, 6.07) is 7.82. The third kappa shape index (κ3) is 2.29. The number of fused-ring (bicyclic) bond motifs is 1. The normalized spacial score (nSPS) is 14.5. The molecule has 98 valence electrons. The van der Waals surface area contributed by atoms with Gasteiger partial charge in [-0.3, -0.25) is 0 Å². The van der Waals surface area contributed by atoms with Gasteiger partial charge in [-0.15, -0.1) is 0 Å². The van der Waals surface area contributed by atoms with Crippen LogP contribution in [0.25, 0.3) is 0 Å². The highest BCUT2D eigenvalue weighted by molar-refractivity contribution is 6.28. The molecule has 0 spiro atoms. The van der Waals surface area contributed by atoms with Gasteiger partial charge in [0.1, 0.15) is 5.75 Å². The second kappa shape index (κ2) is 4.93. The Hall–Kier alpha value is -2.01. The fourth-order valence-electron chi connectivity index (χ4n) is 2.12. The number of rotatable bonds is 1. The summed E-state index contributed by atoms with van der Waals surface area (Å²) in [7, 11) is 0. The Kier molecular flexibility index (Phi) is 3.13. The number of para-hydroxylation sites is 2. The molecule has 1 aromatic carbocycles. The van der Waals surface area contributed by atoms with Crippen molar-refractivity contribution >= 4 is 28.8 Å². The highest BCUT2D eigenvalue weighted by Gasteiger charge is 2.20. The molecule has 0 fully saturated rings. The maximum absolute atomic E-state index is 5.96. The van der Waals surface area contributed by atoms with Crippen LogP contribution in [-0.4, -0.2) is 23.1 Å². The lowest BCUT2D eigenvalue weighted by Crippen LogP contribution is -2.20. The van der Waals surface area contributed by atoms with Gasteiger partial charge in [-0.1, -0.05) is 12.1 Å². The third-order valence-corrected chi connectivity index (χ3v) is 3.14. The zero-order valence-electron chi connectivity index (χ0n) is 10.2. The van der Waals surface area contributed by atoms with Gasteiger partial charge in [0, 0.05) is 6.54 Å². The van der Waals surface area contributed by atoms with Crippen molar-refractivity contribution < 1.29 is 4.74 Å². The molecule has 0 radical (unpaired) electrons. The predicted molar refractivity (Wildman–Crippen MR) is 75.0 cm³/mol. The van der Waals surface area contributed by atoms with Gasteiger partial charge in [-0.2, -0.15) is 4.98 Å². The second-order valence-electron chi connectivity index (χ2n) is 4.24. The van der Waals surface area contributed by atoms with Gasteiger partial charge in [0.25, 0.3) is 0 Å². The van der Waals surface area contributed by atoms with Crippen LogP contribution in [0.3, 0.4) is 0 Å². The molecule has 0 atom stereocenters. The monoisotopic (exact) mass is 276 g/mol. The number of nitrogens with zero attached hydrogens (tertiary/aromatic N) is 3. The summed E-state index contributed by atoms with van der Waals surface area (Å²) in [6.45, 7) is 1.45. The van der Waals surface area contributed by atoms with E-state index in [0.717, 1.165) is 24.4 Å². The summed E-state index contributed by atoms with van der Waals surface area (Å²) in [5.74, 6) is 1.45. The molecular formula is C13H13ClN4O. The van der Waals surface area contributed by atoms with E-state index < -0.39 is 0 Å². The molecule has 3 rings (SSSR count). The van der Waals surface area contributed by atoms with Gasteiger partial charge in [0.05, 0.1) is 24.2 Å². The Bertz CT molecular complexity index is 605. The van der Waals surface area contributed by atoms with Crippen LogP contribution in [0, 0.1) is 0 Å². The predicted octanol–water partition coefficient (Wildman–Crippen LogP) is 2.63. The number of nitrogen functional groups attached to an aromatic ring is 1. The van der Waals surface area contributed by atoms with E-state index in [2.05, 4.69) is 9.97 Å². The number of benzene rings is 1. The molecule has 6 heteroatoms. The van der Waals surface area contributed by atoms with E-state index in [4.69, 9.17) is 22.1 Å². The van der Waals surface area contributed by atoms with E-state index in [9.17, 15) is 0 Å². The van der Waals surface area contributed by atoms with Crippen molar-refractivity contribution in [3.63, 3.8) is 0 Å². The quantitative estimate of drug-likeness (QED) is 0.811. The van der Waals surface area contributed by atoms with Crippen molar-refractivity contribution in [3.05, 3.63) is 35.7 Å². The highest BCUT2D eigenvalue weighted by Crippen LogP contribution is 2.37. The first kappa shape index (κ1) is 12.0. The van der Waals surface area contributed by atoms with Crippen molar-refractivity contribution in [2.45, 2.75) is 6.42 Å². The van der Waals surface area contributed by atoms with Crippen LogP contribution >= 0.6 is 11.6 Å². The maximum Gasteiger partial charge on any atom is 0.224 e. The Morgan fingerprint density at radius 2 is 2.16 bits per heavy atom. The van der Waals surface area contributed by atoms with Gasteiger partial charge in [-0.25, -0.2) is 4.98 Å². The van der Waals surface area contributed by atoms with Crippen LogP contribution in [0.1, 0.15) is 6.42 Å². The van der Waals surface area contributed by atoms with Gasteiger partial charge in [0.15, 0.2) is 5.82 Å². The molecule has 0 aliphatic carbocycles. The zero-order valence-corrected chi connectivity index (χ0v) is 11.0. The summed E-state index contributed by atoms with van der Waals surface area (Å²) in [5.41, 5.74) is 7.41. The Labute approximate surface area is 116 Å². The van der Waals surface area contributed by atoms with E-state index in [0.29, 0.717) is 18.1 Å². The first-order valence-corrected chi connectivity index (χ1v) is 6.41. The fourth-order valence-corrected chi connectivity index (χ4v) is 2.25. The molecule has 0 amide bonds. The summed E-state index contributed by atoms with van der Waals surface area (Å²) in [6.07, 6.45) is 2.41. The molecule has 0 unspecified atom stereocenters. The highest BCUT2D eigenvalue weighted by atomic mass is 35.5. The molecular weight excluding hydrogens is 264 g/mol. The molecule has 19 heavy (non-hydrogen) atoms. The topological polar surface area (TPSA) is 64.3 Å². The molecule has 0 saturated carbocycles. The molecule has 2 N–H and O–H groups in total. The lowest BCUT2D eigenvalue weighted by molar-refractivity contribution is 0.322. The van der Waals surface area contributed by atoms with Crippen molar-refractivity contribution in [1.82, 2.24) is 9.97 Å². The van der Waals surface area contributed by atoms with Crippen LogP contribution in [-0.2, 0) is 0 Å². The zero-order chi connectivity index (χ0) is 13.2. The number of anilines is 3. The van der Waals surface area contributed by atoms with E-state index in [-0.39, 0.29) is 5.28 Å². The van der Waals surface area contributed by atoms with Crippen LogP contribution in [0.15, 0.2) is 30.5 Å². The van der Waals surface area contributed by atoms with E-state index >= 15 is 0 Å². The minimum atomic E-state index is 0.187. The summed E-state index contributed by atoms with van der Waals surface area (Å²) < 4.78 is 5.71. The molecule has 0 bridgehead atoms. The molecule has 1 aromatic heterocycles. The maximum atomic E-state index is 5.96. The van der Waals surface area contributed by atoms with Crippen molar-refractivity contribution in [3.8, 4) is 5.75 Å². The molecule has 1 aliphatic rings. The van der Waals surface area contributed by atoms with Crippen molar-refractivity contribution in [2.24, 2.45) is 0 Å². The SMILES string of the molecule is Nc1cnc(Cl)nc1N1CCCOc2ccccc21. The lowest BCUT2D eigenvalue weighted by Gasteiger charge is -2.23. The number of hydrogen-bond acceptors (Lipinski definition) is 5. The van der Waals surface area contributed by atoms with E-state index in [1.54, 1.807) is 0 Å². The standard InChI is InChI=1S/C13H13ClN4O/c14-13-16-8-9(15)12(17-13)18-6-3-7-19-11-5-2-1-4-10(11)18/h1-2,4-5,8H,3,6-7,15H2. The van der Waals surface area contributed by atoms with Crippen LogP contribution < -0.4 is 15.4 Å². The lowest BCUT2D eigenvalue weighted by atomic mass is 10.2. The minimum Gasteiger partial charge on any atom is -0.491 e. The largest absolute Gasteiger partial charge is 0.491 e. The fraction of sp³-hybridized carbons (Fsp3) is 0.231. The number of hydrogen-bond donors (Lipinski definition) is 1. The van der Waals surface area contributed by atoms with Crippen LogP contribution in [0.2, 0.25) is 5.28 Å². The summed E-state index contributed by atoms with van der Waals surface area (Å²) >= 11 is 5.87. The number of ether oxygens (including phenoxy) is 1.